The lowest BCUT2D eigenvalue weighted by Crippen LogP contribution is -2.23. The van der Waals surface area contributed by atoms with Crippen LogP contribution in [-0.4, -0.2) is 15.8 Å². The fraction of sp³-hybridized carbons (Fsp3) is 0.625. The van der Waals surface area contributed by atoms with E-state index in [0.717, 1.165) is 12.2 Å². The van der Waals surface area contributed by atoms with Gasteiger partial charge in [-0.2, -0.15) is 5.10 Å². The zero-order valence-corrected chi connectivity index (χ0v) is 7.33. The first-order valence-electron chi connectivity index (χ1n) is 3.86. The van der Waals surface area contributed by atoms with Gasteiger partial charge in [0.2, 0.25) is 0 Å². The number of hydrogen-bond acceptors (Lipinski definition) is 2. The molecule has 0 aliphatic rings. The molecule has 1 atom stereocenters. The summed E-state index contributed by atoms with van der Waals surface area (Å²) in [6.07, 6.45) is 0. The van der Waals surface area contributed by atoms with Crippen molar-refractivity contribution in [2.45, 2.75) is 33.4 Å². The normalized spacial score (nSPS) is 13.5. The van der Waals surface area contributed by atoms with E-state index in [1.807, 2.05) is 25.5 Å². The summed E-state index contributed by atoms with van der Waals surface area (Å²) >= 11 is 0. The van der Waals surface area contributed by atoms with Crippen LogP contribution in [-0.2, 0) is 6.54 Å². The Morgan fingerprint density at radius 3 is 2.64 bits per heavy atom. The van der Waals surface area contributed by atoms with Crippen molar-refractivity contribution in [3.8, 4) is 0 Å². The number of aryl methyl sites for hydroxylation is 2. The molecule has 2 N–H and O–H groups in total. The Kier molecular flexibility index (Phi) is 2.29. The predicted molar refractivity (Wildman–Crippen MR) is 45.4 cm³/mol. The SMILES string of the molecule is Cc1cc(C)n(C[C@@H](C)N)n1. The summed E-state index contributed by atoms with van der Waals surface area (Å²) in [7, 11) is 0. The first-order chi connectivity index (χ1) is 5.09. The fourth-order valence-electron chi connectivity index (χ4n) is 1.13. The van der Waals surface area contributed by atoms with Crippen LogP contribution in [0.5, 0.6) is 0 Å². The first-order valence-corrected chi connectivity index (χ1v) is 3.86. The molecule has 0 fully saturated rings. The average Bonchev–Trinajstić information content (AvgIpc) is 2.09. The molecule has 11 heavy (non-hydrogen) atoms. The topological polar surface area (TPSA) is 43.8 Å². The van der Waals surface area contributed by atoms with Gasteiger partial charge in [-0.1, -0.05) is 0 Å². The molecule has 3 heteroatoms. The van der Waals surface area contributed by atoms with E-state index in [0.29, 0.717) is 0 Å². The minimum atomic E-state index is 0.174. The molecule has 0 aliphatic carbocycles. The molecule has 1 aromatic rings. The minimum absolute atomic E-state index is 0.174. The summed E-state index contributed by atoms with van der Waals surface area (Å²) in [6, 6.07) is 2.23. The van der Waals surface area contributed by atoms with Gasteiger partial charge < -0.3 is 5.73 Å². The van der Waals surface area contributed by atoms with Crippen LogP contribution in [0.4, 0.5) is 0 Å². The Bertz CT molecular complexity index is 237. The second-order valence-corrected chi connectivity index (χ2v) is 3.09. The van der Waals surface area contributed by atoms with Crippen LogP contribution in [0, 0.1) is 13.8 Å². The quantitative estimate of drug-likeness (QED) is 0.684. The van der Waals surface area contributed by atoms with Crippen LogP contribution >= 0.6 is 0 Å². The Morgan fingerprint density at radius 1 is 1.64 bits per heavy atom. The molecular formula is C8H15N3. The molecule has 0 aliphatic heterocycles. The Hall–Kier alpha value is -0.830. The minimum Gasteiger partial charge on any atom is -0.326 e. The number of hydrogen-bond donors (Lipinski definition) is 1. The van der Waals surface area contributed by atoms with Crippen molar-refractivity contribution < 1.29 is 0 Å². The second-order valence-electron chi connectivity index (χ2n) is 3.09. The maximum Gasteiger partial charge on any atom is 0.0596 e. The van der Waals surface area contributed by atoms with Crippen LogP contribution in [0.1, 0.15) is 18.3 Å². The van der Waals surface area contributed by atoms with Gasteiger partial charge in [-0.3, -0.25) is 4.68 Å². The van der Waals surface area contributed by atoms with E-state index >= 15 is 0 Å². The monoisotopic (exact) mass is 153 g/mol. The van der Waals surface area contributed by atoms with Gasteiger partial charge in [0.05, 0.1) is 12.2 Å². The van der Waals surface area contributed by atoms with Crippen LogP contribution < -0.4 is 5.73 Å². The first kappa shape index (κ1) is 8.27. The summed E-state index contributed by atoms with van der Waals surface area (Å²) in [4.78, 5) is 0. The van der Waals surface area contributed by atoms with Crippen molar-refractivity contribution in [3.05, 3.63) is 17.5 Å². The molecular weight excluding hydrogens is 138 g/mol. The molecule has 1 rings (SSSR count). The fourth-order valence-corrected chi connectivity index (χ4v) is 1.13. The lowest BCUT2D eigenvalue weighted by atomic mass is 10.3. The highest BCUT2D eigenvalue weighted by Gasteiger charge is 2.01. The van der Waals surface area contributed by atoms with Gasteiger partial charge >= 0.3 is 0 Å². The van der Waals surface area contributed by atoms with Gasteiger partial charge in [0, 0.05) is 11.7 Å². The van der Waals surface area contributed by atoms with E-state index in [1.165, 1.54) is 5.69 Å². The number of nitrogens with two attached hydrogens (primary N) is 1. The van der Waals surface area contributed by atoms with E-state index in [2.05, 4.69) is 11.2 Å². The molecule has 0 bridgehead atoms. The lowest BCUT2D eigenvalue weighted by molar-refractivity contribution is 0.525. The van der Waals surface area contributed by atoms with Crippen molar-refractivity contribution in [3.63, 3.8) is 0 Å². The van der Waals surface area contributed by atoms with Gasteiger partial charge in [-0.05, 0) is 26.8 Å². The standard InChI is InChI=1S/C8H15N3/c1-6(9)5-11-8(3)4-7(2)10-11/h4,6H,5,9H2,1-3H3/t6-/m1/s1. The van der Waals surface area contributed by atoms with Gasteiger partial charge in [-0.25, -0.2) is 0 Å². The molecule has 0 saturated carbocycles. The number of rotatable bonds is 2. The van der Waals surface area contributed by atoms with E-state index < -0.39 is 0 Å². The lowest BCUT2D eigenvalue weighted by Gasteiger charge is -2.06. The molecule has 0 aromatic carbocycles. The highest BCUT2D eigenvalue weighted by Crippen LogP contribution is 2.01. The maximum atomic E-state index is 5.64. The molecule has 62 valence electrons. The van der Waals surface area contributed by atoms with Gasteiger partial charge in [0.25, 0.3) is 0 Å². The van der Waals surface area contributed by atoms with E-state index in [4.69, 9.17) is 5.73 Å². The Morgan fingerprint density at radius 2 is 2.27 bits per heavy atom. The van der Waals surface area contributed by atoms with Crippen molar-refractivity contribution in [2.75, 3.05) is 0 Å². The van der Waals surface area contributed by atoms with Crippen LogP contribution in [0.25, 0.3) is 0 Å². The smallest absolute Gasteiger partial charge is 0.0596 e. The maximum absolute atomic E-state index is 5.64. The van der Waals surface area contributed by atoms with Gasteiger partial charge in [-0.15, -0.1) is 0 Å². The molecule has 0 saturated heterocycles. The summed E-state index contributed by atoms with van der Waals surface area (Å²) in [5.74, 6) is 0. The van der Waals surface area contributed by atoms with Crippen molar-refractivity contribution in [2.24, 2.45) is 5.73 Å². The average molecular weight is 153 g/mol. The summed E-state index contributed by atoms with van der Waals surface area (Å²) in [6.45, 7) is 6.82. The predicted octanol–water partition coefficient (Wildman–Crippen LogP) is 0.847. The molecule has 1 aromatic heterocycles. The molecule has 3 nitrogen and oxygen atoms in total. The number of nitrogens with zero attached hydrogens (tertiary/aromatic N) is 2. The largest absolute Gasteiger partial charge is 0.326 e. The van der Waals surface area contributed by atoms with E-state index in [-0.39, 0.29) is 6.04 Å². The van der Waals surface area contributed by atoms with Gasteiger partial charge in [0.15, 0.2) is 0 Å². The van der Waals surface area contributed by atoms with Crippen molar-refractivity contribution >= 4 is 0 Å². The summed E-state index contributed by atoms with van der Waals surface area (Å²) < 4.78 is 1.94. The molecule has 0 spiro atoms. The zero-order chi connectivity index (χ0) is 8.43. The number of aromatic nitrogens is 2. The molecule has 0 amide bonds. The summed E-state index contributed by atoms with van der Waals surface area (Å²) in [5.41, 5.74) is 7.88. The van der Waals surface area contributed by atoms with Crippen LogP contribution in [0.2, 0.25) is 0 Å². The highest BCUT2D eigenvalue weighted by atomic mass is 15.3. The van der Waals surface area contributed by atoms with Crippen molar-refractivity contribution in [1.29, 1.82) is 0 Å². The Balaban J connectivity index is 2.77. The third-order valence-corrected chi connectivity index (χ3v) is 1.56. The van der Waals surface area contributed by atoms with Crippen LogP contribution in [0.15, 0.2) is 6.07 Å². The molecule has 0 radical (unpaired) electrons. The van der Waals surface area contributed by atoms with E-state index in [1.54, 1.807) is 0 Å². The zero-order valence-electron chi connectivity index (χ0n) is 7.33. The highest BCUT2D eigenvalue weighted by molar-refractivity contribution is 5.06. The Labute approximate surface area is 67.2 Å². The third kappa shape index (κ3) is 2.05. The van der Waals surface area contributed by atoms with Crippen LogP contribution in [0.3, 0.4) is 0 Å². The third-order valence-electron chi connectivity index (χ3n) is 1.56. The molecule has 1 heterocycles. The summed E-state index contributed by atoms with van der Waals surface area (Å²) in [5, 5.41) is 4.29. The van der Waals surface area contributed by atoms with Crippen molar-refractivity contribution in [1.82, 2.24) is 9.78 Å². The molecule has 0 unspecified atom stereocenters. The second kappa shape index (κ2) is 3.05. The van der Waals surface area contributed by atoms with E-state index in [9.17, 15) is 0 Å². The van der Waals surface area contributed by atoms with Gasteiger partial charge in [0.1, 0.15) is 0 Å².